The molecule has 0 radical (unpaired) electrons. The molecule has 1 heterocycles. The summed E-state index contributed by atoms with van der Waals surface area (Å²) in [4.78, 5) is 16.2. The van der Waals surface area contributed by atoms with Crippen LogP contribution in [0.1, 0.15) is 16.7 Å². The number of methoxy groups -OCH3 is 2. The Morgan fingerprint density at radius 2 is 1.68 bits per heavy atom. The predicted molar refractivity (Wildman–Crippen MR) is 111 cm³/mol. The summed E-state index contributed by atoms with van der Waals surface area (Å²) in [7, 11) is 3.18. The normalized spacial score (nSPS) is 10.6. The SMILES string of the molecule is COc1ccc(/C=C/C(=O)Nc2ccc(Cc3ccncc3)cc2)c(OC)c1. The molecule has 142 valence electrons. The Morgan fingerprint density at radius 3 is 2.36 bits per heavy atom. The number of carbonyl (C=O) groups is 1. The maximum Gasteiger partial charge on any atom is 0.248 e. The Hall–Kier alpha value is -3.60. The average Bonchev–Trinajstić information content (AvgIpc) is 2.74. The van der Waals surface area contributed by atoms with Crippen LogP contribution < -0.4 is 14.8 Å². The number of amides is 1. The molecule has 0 atom stereocenters. The fourth-order valence-corrected chi connectivity index (χ4v) is 2.75. The van der Waals surface area contributed by atoms with Gasteiger partial charge in [-0.05, 0) is 60.0 Å². The van der Waals surface area contributed by atoms with E-state index < -0.39 is 0 Å². The Kier molecular flexibility index (Phi) is 6.41. The van der Waals surface area contributed by atoms with Crippen molar-refractivity contribution in [2.24, 2.45) is 0 Å². The topological polar surface area (TPSA) is 60.5 Å². The zero-order valence-electron chi connectivity index (χ0n) is 15.9. The van der Waals surface area contributed by atoms with Gasteiger partial charge in [0, 0.05) is 35.8 Å². The monoisotopic (exact) mass is 374 g/mol. The van der Waals surface area contributed by atoms with Crippen LogP contribution >= 0.6 is 0 Å². The van der Waals surface area contributed by atoms with E-state index in [4.69, 9.17) is 9.47 Å². The quantitative estimate of drug-likeness (QED) is 0.625. The van der Waals surface area contributed by atoms with Crippen molar-refractivity contribution in [3.63, 3.8) is 0 Å². The molecule has 1 N–H and O–H groups in total. The fraction of sp³-hybridized carbons (Fsp3) is 0.130. The lowest BCUT2D eigenvalue weighted by molar-refractivity contribution is -0.111. The third-order valence-corrected chi connectivity index (χ3v) is 4.23. The number of hydrogen-bond acceptors (Lipinski definition) is 4. The van der Waals surface area contributed by atoms with Crippen molar-refractivity contribution in [3.8, 4) is 11.5 Å². The molecule has 5 nitrogen and oxygen atoms in total. The Morgan fingerprint density at radius 1 is 0.964 bits per heavy atom. The maximum atomic E-state index is 12.2. The van der Waals surface area contributed by atoms with Crippen LogP contribution in [-0.4, -0.2) is 25.1 Å². The van der Waals surface area contributed by atoms with Gasteiger partial charge in [-0.3, -0.25) is 9.78 Å². The highest BCUT2D eigenvalue weighted by Crippen LogP contribution is 2.25. The van der Waals surface area contributed by atoms with Gasteiger partial charge in [-0.25, -0.2) is 0 Å². The van der Waals surface area contributed by atoms with Crippen LogP contribution in [0.15, 0.2) is 73.1 Å². The summed E-state index contributed by atoms with van der Waals surface area (Å²) in [6, 6.07) is 17.2. The highest BCUT2D eigenvalue weighted by Gasteiger charge is 2.04. The second kappa shape index (κ2) is 9.37. The van der Waals surface area contributed by atoms with Crippen molar-refractivity contribution in [3.05, 3.63) is 89.8 Å². The van der Waals surface area contributed by atoms with E-state index in [1.807, 2.05) is 48.5 Å². The Bertz CT molecular complexity index is 951. The summed E-state index contributed by atoms with van der Waals surface area (Å²) in [6.07, 6.45) is 7.59. The second-order valence-electron chi connectivity index (χ2n) is 6.16. The molecule has 0 fully saturated rings. The number of carbonyl (C=O) groups excluding carboxylic acids is 1. The molecule has 0 unspecified atom stereocenters. The molecule has 0 aliphatic carbocycles. The summed E-state index contributed by atoms with van der Waals surface area (Å²) in [5.74, 6) is 1.13. The molecule has 0 saturated heterocycles. The van der Waals surface area contributed by atoms with Crippen LogP contribution in [0.4, 0.5) is 5.69 Å². The highest BCUT2D eigenvalue weighted by molar-refractivity contribution is 6.02. The molecule has 0 aliphatic rings. The van der Waals surface area contributed by atoms with Gasteiger partial charge in [-0.2, -0.15) is 0 Å². The minimum atomic E-state index is -0.209. The number of nitrogens with zero attached hydrogens (tertiary/aromatic N) is 1. The third-order valence-electron chi connectivity index (χ3n) is 4.23. The van der Waals surface area contributed by atoms with Crippen LogP contribution in [-0.2, 0) is 11.2 Å². The van der Waals surface area contributed by atoms with E-state index in [1.165, 1.54) is 17.2 Å². The van der Waals surface area contributed by atoms with Crippen molar-refractivity contribution < 1.29 is 14.3 Å². The average molecular weight is 374 g/mol. The zero-order chi connectivity index (χ0) is 19.8. The first-order chi connectivity index (χ1) is 13.7. The molecule has 3 aromatic rings. The van der Waals surface area contributed by atoms with Gasteiger partial charge in [-0.1, -0.05) is 12.1 Å². The molecule has 5 heteroatoms. The standard InChI is InChI=1S/C23H22N2O3/c1-27-21-9-5-19(22(16-21)28-2)6-10-23(26)25-20-7-3-17(4-8-20)15-18-11-13-24-14-12-18/h3-14,16H,15H2,1-2H3,(H,25,26)/b10-6+. The smallest absolute Gasteiger partial charge is 0.248 e. The molecule has 3 rings (SSSR count). The van der Waals surface area contributed by atoms with Crippen LogP contribution in [0.3, 0.4) is 0 Å². The molecule has 2 aromatic carbocycles. The van der Waals surface area contributed by atoms with E-state index in [1.54, 1.807) is 38.8 Å². The molecule has 0 bridgehead atoms. The van der Waals surface area contributed by atoms with Crippen molar-refractivity contribution in [2.45, 2.75) is 6.42 Å². The van der Waals surface area contributed by atoms with Gasteiger partial charge in [-0.15, -0.1) is 0 Å². The Labute approximate surface area is 164 Å². The number of anilines is 1. The molecule has 0 spiro atoms. The predicted octanol–water partition coefficient (Wildman–Crippen LogP) is 4.34. The molecular weight excluding hydrogens is 352 g/mol. The number of rotatable bonds is 7. The van der Waals surface area contributed by atoms with E-state index in [2.05, 4.69) is 10.3 Å². The van der Waals surface area contributed by atoms with E-state index in [-0.39, 0.29) is 5.91 Å². The van der Waals surface area contributed by atoms with Gasteiger partial charge in [0.2, 0.25) is 5.91 Å². The number of nitrogens with one attached hydrogen (secondary N) is 1. The van der Waals surface area contributed by atoms with Crippen LogP contribution in [0.25, 0.3) is 6.08 Å². The van der Waals surface area contributed by atoms with Crippen molar-refractivity contribution >= 4 is 17.7 Å². The molecule has 28 heavy (non-hydrogen) atoms. The number of ether oxygens (including phenoxy) is 2. The van der Waals surface area contributed by atoms with Gasteiger partial charge in [0.1, 0.15) is 11.5 Å². The molecule has 0 aliphatic heterocycles. The number of hydrogen-bond donors (Lipinski definition) is 1. The number of benzene rings is 2. The lowest BCUT2D eigenvalue weighted by Gasteiger charge is -2.07. The third kappa shape index (κ3) is 5.20. The van der Waals surface area contributed by atoms with Gasteiger partial charge in [0.25, 0.3) is 0 Å². The second-order valence-corrected chi connectivity index (χ2v) is 6.16. The fourth-order valence-electron chi connectivity index (χ4n) is 2.75. The first-order valence-corrected chi connectivity index (χ1v) is 8.87. The van der Waals surface area contributed by atoms with Crippen LogP contribution in [0.2, 0.25) is 0 Å². The zero-order valence-corrected chi connectivity index (χ0v) is 15.9. The highest BCUT2D eigenvalue weighted by atomic mass is 16.5. The first kappa shape index (κ1) is 19.2. The summed E-state index contributed by atoms with van der Waals surface area (Å²) < 4.78 is 10.5. The van der Waals surface area contributed by atoms with E-state index >= 15 is 0 Å². The molecule has 0 saturated carbocycles. The van der Waals surface area contributed by atoms with Gasteiger partial charge in [0.05, 0.1) is 14.2 Å². The maximum absolute atomic E-state index is 12.2. The number of aromatic nitrogens is 1. The largest absolute Gasteiger partial charge is 0.497 e. The van der Waals surface area contributed by atoms with Gasteiger partial charge < -0.3 is 14.8 Å². The summed E-state index contributed by atoms with van der Waals surface area (Å²) in [6.45, 7) is 0. The minimum absolute atomic E-state index is 0.209. The van der Waals surface area contributed by atoms with Crippen LogP contribution in [0.5, 0.6) is 11.5 Å². The minimum Gasteiger partial charge on any atom is -0.497 e. The lowest BCUT2D eigenvalue weighted by Crippen LogP contribution is -2.07. The first-order valence-electron chi connectivity index (χ1n) is 8.87. The summed E-state index contributed by atoms with van der Waals surface area (Å²) >= 11 is 0. The summed E-state index contributed by atoms with van der Waals surface area (Å²) in [5, 5.41) is 2.86. The van der Waals surface area contributed by atoms with Crippen molar-refractivity contribution in [1.29, 1.82) is 0 Å². The summed E-state index contributed by atoms with van der Waals surface area (Å²) in [5.41, 5.74) is 3.91. The van der Waals surface area contributed by atoms with E-state index in [0.717, 1.165) is 17.7 Å². The van der Waals surface area contributed by atoms with E-state index in [9.17, 15) is 4.79 Å². The van der Waals surface area contributed by atoms with Crippen molar-refractivity contribution in [2.75, 3.05) is 19.5 Å². The molecule has 1 aromatic heterocycles. The Balaban J connectivity index is 1.61. The van der Waals surface area contributed by atoms with Gasteiger partial charge >= 0.3 is 0 Å². The van der Waals surface area contributed by atoms with Crippen LogP contribution in [0, 0.1) is 0 Å². The van der Waals surface area contributed by atoms with Gasteiger partial charge in [0.15, 0.2) is 0 Å². The van der Waals surface area contributed by atoms with E-state index in [0.29, 0.717) is 11.5 Å². The molecule has 1 amide bonds. The number of pyridine rings is 1. The molecular formula is C23H22N2O3. The lowest BCUT2D eigenvalue weighted by atomic mass is 10.1. The van der Waals surface area contributed by atoms with Crippen molar-refractivity contribution in [1.82, 2.24) is 4.98 Å².